The number of aromatic nitrogens is 3. The Bertz CT molecular complexity index is 1550. The zero-order chi connectivity index (χ0) is 24.7. The average Bonchev–Trinajstić information content (AvgIpc) is 3.17. The molecule has 1 aliphatic rings. The Kier molecular flexibility index (Phi) is 5.94. The van der Waals surface area contributed by atoms with E-state index in [1.54, 1.807) is 18.2 Å². The Hall–Kier alpha value is -3.50. The molecule has 0 N–H and O–H groups in total. The van der Waals surface area contributed by atoms with E-state index in [4.69, 9.17) is 0 Å². The number of piperazine rings is 1. The minimum atomic E-state index is -3.88. The van der Waals surface area contributed by atoms with Gasteiger partial charge in [0.2, 0.25) is 10.0 Å². The minimum absolute atomic E-state index is 0.00652. The Morgan fingerprint density at radius 1 is 0.971 bits per heavy atom. The van der Waals surface area contributed by atoms with Gasteiger partial charge in [0.15, 0.2) is 5.65 Å². The van der Waals surface area contributed by atoms with Gasteiger partial charge in [-0.05, 0) is 61.4 Å². The van der Waals surface area contributed by atoms with Gasteiger partial charge < -0.3 is 4.90 Å². The first-order chi connectivity index (χ1) is 16.7. The highest BCUT2D eigenvalue weighted by atomic mass is 32.2. The van der Waals surface area contributed by atoms with E-state index in [9.17, 15) is 17.6 Å². The van der Waals surface area contributed by atoms with E-state index in [-0.39, 0.29) is 41.7 Å². The van der Waals surface area contributed by atoms with Crippen molar-refractivity contribution in [2.45, 2.75) is 25.3 Å². The molecule has 10 heteroatoms. The van der Waals surface area contributed by atoms with Gasteiger partial charge in [-0.2, -0.15) is 4.31 Å². The third-order valence-electron chi connectivity index (χ3n) is 6.45. The summed E-state index contributed by atoms with van der Waals surface area (Å²) in [7, 11) is -3.88. The third kappa shape index (κ3) is 4.35. The minimum Gasteiger partial charge on any atom is -0.369 e. The van der Waals surface area contributed by atoms with Crippen molar-refractivity contribution in [1.82, 2.24) is 18.5 Å². The number of rotatable bonds is 5. The first-order valence-corrected chi connectivity index (χ1v) is 12.8. The maximum absolute atomic E-state index is 13.6. The van der Waals surface area contributed by atoms with Gasteiger partial charge in [-0.15, -0.1) is 5.10 Å². The highest BCUT2D eigenvalue weighted by Gasteiger charge is 2.31. The van der Waals surface area contributed by atoms with Gasteiger partial charge in [0.05, 0.1) is 6.54 Å². The molecule has 1 saturated heterocycles. The molecule has 3 heterocycles. The fourth-order valence-corrected chi connectivity index (χ4v) is 5.97. The van der Waals surface area contributed by atoms with Crippen LogP contribution in [-0.2, 0) is 16.6 Å². The molecule has 5 rings (SSSR count). The molecular weight excluding hydrogens is 469 g/mol. The molecule has 182 valence electrons. The number of nitrogens with zero attached hydrogens (tertiary/aromatic N) is 5. The lowest BCUT2D eigenvalue weighted by Crippen LogP contribution is -2.48. The number of fused-ring (bicyclic) bond motifs is 1. The molecule has 0 saturated carbocycles. The highest BCUT2D eigenvalue weighted by Crippen LogP contribution is 2.23. The number of aryl methyl sites for hydroxylation is 2. The van der Waals surface area contributed by atoms with Crippen LogP contribution >= 0.6 is 0 Å². The van der Waals surface area contributed by atoms with Crippen LogP contribution in [0.4, 0.5) is 10.1 Å². The molecule has 0 atom stereocenters. The van der Waals surface area contributed by atoms with Crippen molar-refractivity contribution in [2.75, 3.05) is 31.1 Å². The molecule has 0 aliphatic carbocycles. The van der Waals surface area contributed by atoms with Crippen molar-refractivity contribution < 1.29 is 12.8 Å². The molecule has 4 aromatic rings. The van der Waals surface area contributed by atoms with Crippen LogP contribution in [-0.4, -0.2) is 53.1 Å². The topological polar surface area (TPSA) is 79.9 Å². The first-order valence-electron chi connectivity index (χ1n) is 11.4. The van der Waals surface area contributed by atoms with Crippen molar-refractivity contribution >= 4 is 21.4 Å². The van der Waals surface area contributed by atoms with E-state index in [0.717, 1.165) is 22.4 Å². The number of halogens is 1. The van der Waals surface area contributed by atoms with E-state index in [0.29, 0.717) is 13.1 Å². The molecule has 2 aromatic carbocycles. The van der Waals surface area contributed by atoms with Gasteiger partial charge in [0.1, 0.15) is 10.7 Å². The molecule has 0 amide bonds. The van der Waals surface area contributed by atoms with Gasteiger partial charge in [0, 0.05) is 38.1 Å². The van der Waals surface area contributed by atoms with Crippen LogP contribution in [0.5, 0.6) is 0 Å². The molecular formula is C25H26FN5O3S. The Morgan fingerprint density at radius 3 is 2.40 bits per heavy atom. The predicted octanol–water partition coefficient (Wildman–Crippen LogP) is 2.81. The van der Waals surface area contributed by atoms with Crippen LogP contribution in [0.2, 0.25) is 0 Å². The lowest BCUT2D eigenvalue weighted by Gasteiger charge is -2.35. The maximum Gasteiger partial charge on any atom is 0.350 e. The van der Waals surface area contributed by atoms with Gasteiger partial charge in [0.25, 0.3) is 0 Å². The van der Waals surface area contributed by atoms with Crippen molar-refractivity contribution in [2.24, 2.45) is 0 Å². The molecule has 0 bridgehead atoms. The van der Waals surface area contributed by atoms with Crippen molar-refractivity contribution in [3.63, 3.8) is 0 Å². The first kappa shape index (κ1) is 23.3. The van der Waals surface area contributed by atoms with Crippen LogP contribution in [0.25, 0.3) is 5.65 Å². The van der Waals surface area contributed by atoms with Gasteiger partial charge in [-0.3, -0.25) is 0 Å². The second-order valence-corrected chi connectivity index (χ2v) is 10.7. The molecule has 0 radical (unpaired) electrons. The van der Waals surface area contributed by atoms with Gasteiger partial charge in [-0.1, -0.05) is 23.8 Å². The largest absolute Gasteiger partial charge is 0.369 e. The lowest BCUT2D eigenvalue weighted by molar-refractivity contribution is 0.385. The van der Waals surface area contributed by atoms with E-state index in [1.165, 1.54) is 37.8 Å². The summed E-state index contributed by atoms with van der Waals surface area (Å²) < 4.78 is 44.4. The number of sulfonamides is 1. The Morgan fingerprint density at radius 2 is 1.69 bits per heavy atom. The molecule has 1 fully saturated rings. The van der Waals surface area contributed by atoms with Crippen molar-refractivity contribution in [1.29, 1.82) is 0 Å². The lowest BCUT2D eigenvalue weighted by atomic mass is 10.1. The predicted molar refractivity (Wildman–Crippen MR) is 132 cm³/mol. The zero-order valence-corrected chi connectivity index (χ0v) is 20.4. The Labute approximate surface area is 202 Å². The number of anilines is 1. The number of hydrogen-bond acceptors (Lipinski definition) is 5. The average molecular weight is 496 g/mol. The van der Waals surface area contributed by atoms with Crippen molar-refractivity contribution in [3.05, 3.63) is 93.8 Å². The maximum atomic E-state index is 13.6. The standard InChI is InChI=1S/C25H26FN5O3S/c1-18-5-6-19(2)20(16-18)17-31-25(32)30-11-3-4-23(24(30)27-31)35(33,34)29-14-12-28(13-15-29)22-9-7-21(26)8-10-22/h3-11,16H,12-15,17H2,1-2H3. The molecule has 1 aliphatic heterocycles. The van der Waals surface area contributed by atoms with Crippen LogP contribution < -0.4 is 10.6 Å². The van der Waals surface area contributed by atoms with E-state index in [2.05, 4.69) is 5.10 Å². The number of hydrogen-bond donors (Lipinski definition) is 0. The monoisotopic (exact) mass is 495 g/mol. The summed E-state index contributed by atoms with van der Waals surface area (Å²) in [5.74, 6) is -0.310. The SMILES string of the molecule is Cc1ccc(C)c(Cn2nc3c(S(=O)(=O)N4CCN(c5ccc(F)cc5)CC4)cccn3c2=O)c1. The molecule has 0 spiro atoms. The summed E-state index contributed by atoms with van der Waals surface area (Å²) in [6.07, 6.45) is 1.54. The molecule has 0 unspecified atom stereocenters. The molecule has 2 aromatic heterocycles. The number of benzene rings is 2. The van der Waals surface area contributed by atoms with E-state index >= 15 is 0 Å². The Balaban J connectivity index is 1.43. The van der Waals surface area contributed by atoms with Crippen LogP contribution in [0.15, 0.2) is 70.5 Å². The smallest absolute Gasteiger partial charge is 0.350 e. The molecule has 8 nitrogen and oxygen atoms in total. The number of pyridine rings is 1. The highest BCUT2D eigenvalue weighted by molar-refractivity contribution is 7.89. The molecule has 35 heavy (non-hydrogen) atoms. The third-order valence-corrected chi connectivity index (χ3v) is 8.37. The summed E-state index contributed by atoms with van der Waals surface area (Å²) in [5, 5.41) is 4.43. The van der Waals surface area contributed by atoms with Crippen molar-refractivity contribution in [3.8, 4) is 0 Å². The fraction of sp³-hybridized carbons (Fsp3) is 0.280. The van der Waals surface area contributed by atoms with Crippen LogP contribution in [0.1, 0.15) is 16.7 Å². The summed E-state index contributed by atoms with van der Waals surface area (Å²) in [4.78, 5) is 15.1. The summed E-state index contributed by atoms with van der Waals surface area (Å²) in [6.45, 7) is 5.70. The summed E-state index contributed by atoms with van der Waals surface area (Å²) in [6, 6.07) is 15.2. The summed E-state index contributed by atoms with van der Waals surface area (Å²) in [5.41, 5.74) is 3.64. The van der Waals surface area contributed by atoms with Crippen LogP contribution in [0, 0.1) is 19.7 Å². The summed E-state index contributed by atoms with van der Waals surface area (Å²) >= 11 is 0. The van der Waals surface area contributed by atoms with E-state index in [1.807, 2.05) is 36.9 Å². The normalized spacial score (nSPS) is 15.1. The fourth-order valence-electron chi connectivity index (χ4n) is 4.43. The second kappa shape index (κ2) is 8.94. The zero-order valence-electron chi connectivity index (χ0n) is 19.6. The van der Waals surface area contributed by atoms with Crippen LogP contribution in [0.3, 0.4) is 0 Å². The van der Waals surface area contributed by atoms with Gasteiger partial charge in [-0.25, -0.2) is 26.7 Å². The van der Waals surface area contributed by atoms with E-state index < -0.39 is 10.0 Å². The second-order valence-electron chi connectivity index (χ2n) is 8.80. The van der Waals surface area contributed by atoms with Gasteiger partial charge >= 0.3 is 5.69 Å². The quantitative estimate of drug-likeness (QED) is 0.426.